The molecule has 6 nitrogen and oxygen atoms in total. The fourth-order valence-corrected chi connectivity index (χ4v) is 4.32. The molecule has 0 saturated carbocycles. The molecule has 0 atom stereocenters. The molecule has 0 radical (unpaired) electrons. The molecule has 2 aromatic carbocycles. The Kier molecular flexibility index (Phi) is 7.21. The SMILES string of the molecule is CCOc1ccc(C(=O)Nc2c(C)cccc2CC)cc1S(=O)(=O)NC(C)C. The van der Waals surface area contributed by atoms with Crippen LogP contribution in [0, 0.1) is 6.92 Å². The van der Waals surface area contributed by atoms with Gasteiger partial charge in [0.1, 0.15) is 10.6 Å². The molecule has 152 valence electrons. The van der Waals surface area contributed by atoms with Gasteiger partial charge in [0.2, 0.25) is 10.0 Å². The van der Waals surface area contributed by atoms with Crippen molar-refractivity contribution in [2.45, 2.75) is 52.0 Å². The topological polar surface area (TPSA) is 84.5 Å². The highest BCUT2D eigenvalue weighted by Crippen LogP contribution is 2.27. The lowest BCUT2D eigenvalue weighted by atomic mass is 10.1. The van der Waals surface area contributed by atoms with Crippen molar-refractivity contribution in [1.82, 2.24) is 4.72 Å². The number of rotatable bonds is 8. The average molecular weight is 405 g/mol. The van der Waals surface area contributed by atoms with Crippen molar-refractivity contribution in [2.24, 2.45) is 0 Å². The monoisotopic (exact) mass is 404 g/mol. The molecule has 2 N–H and O–H groups in total. The van der Waals surface area contributed by atoms with Gasteiger partial charge in [-0.3, -0.25) is 4.79 Å². The zero-order chi connectivity index (χ0) is 20.9. The van der Waals surface area contributed by atoms with Gasteiger partial charge in [0.25, 0.3) is 5.91 Å². The van der Waals surface area contributed by atoms with Crippen LogP contribution in [0.15, 0.2) is 41.3 Å². The van der Waals surface area contributed by atoms with Crippen LogP contribution >= 0.6 is 0 Å². The zero-order valence-electron chi connectivity index (χ0n) is 17.0. The van der Waals surface area contributed by atoms with Crippen molar-refractivity contribution < 1.29 is 17.9 Å². The van der Waals surface area contributed by atoms with Crippen LogP contribution in [0.5, 0.6) is 5.75 Å². The highest BCUT2D eigenvalue weighted by Gasteiger charge is 2.23. The minimum atomic E-state index is -3.82. The van der Waals surface area contributed by atoms with Crippen LogP contribution in [0.2, 0.25) is 0 Å². The van der Waals surface area contributed by atoms with E-state index in [2.05, 4.69) is 10.0 Å². The molecule has 0 saturated heterocycles. The summed E-state index contributed by atoms with van der Waals surface area (Å²) in [6.45, 7) is 9.51. The molecule has 28 heavy (non-hydrogen) atoms. The Morgan fingerprint density at radius 3 is 2.46 bits per heavy atom. The maximum absolute atomic E-state index is 12.8. The first-order chi connectivity index (χ1) is 13.2. The average Bonchev–Trinajstić information content (AvgIpc) is 2.62. The third kappa shape index (κ3) is 5.11. The van der Waals surface area contributed by atoms with Gasteiger partial charge < -0.3 is 10.1 Å². The van der Waals surface area contributed by atoms with E-state index in [9.17, 15) is 13.2 Å². The Bertz CT molecular complexity index is 953. The van der Waals surface area contributed by atoms with Crippen LogP contribution < -0.4 is 14.8 Å². The summed E-state index contributed by atoms with van der Waals surface area (Å²) in [6, 6.07) is 10.00. The van der Waals surface area contributed by atoms with Crippen molar-refractivity contribution in [3.05, 3.63) is 53.1 Å². The summed E-state index contributed by atoms with van der Waals surface area (Å²) in [5.74, 6) is -0.148. The van der Waals surface area contributed by atoms with Gasteiger partial charge >= 0.3 is 0 Å². The zero-order valence-corrected chi connectivity index (χ0v) is 17.8. The predicted molar refractivity (Wildman–Crippen MR) is 112 cm³/mol. The normalized spacial score (nSPS) is 11.5. The number of benzene rings is 2. The van der Waals surface area contributed by atoms with Crippen LogP contribution in [0.25, 0.3) is 0 Å². The molecular formula is C21H28N2O4S. The standard InChI is InChI=1S/C21H28N2O4S/c1-6-16-10-8-9-15(5)20(16)22-21(24)17-11-12-18(27-7-2)19(13-17)28(25,26)23-14(3)4/h8-14,23H,6-7H2,1-5H3,(H,22,24). The van der Waals surface area contributed by atoms with E-state index < -0.39 is 10.0 Å². The van der Waals surface area contributed by atoms with Gasteiger partial charge in [-0.25, -0.2) is 13.1 Å². The minimum absolute atomic E-state index is 0.0452. The Labute approximate surface area is 167 Å². The lowest BCUT2D eigenvalue weighted by Gasteiger charge is -2.16. The summed E-state index contributed by atoms with van der Waals surface area (Å²) in [5.41, 5.74) is 2.98. The highest BCUT2D eigenvalue weighted by molar-refractivity contribution is 7.89. The molecule has 7 heteroatoms. The van der Waals surface area contributed by atoms with Crippen LogP contribution in [0.3, 0.4) is 0 Å². The molecule has 0 fully saturated rings. The maximum Gasteiger partial charge on any atom is 0.255 e. The summed E-state index contributed by atoms with van der Waals surface area (Å²) in [5, 5.41) is 2.92. The summed E-state index contributed by atoms with van der Waals surface area (Å²) >= 11 is 0. The fourth-order valence-electron chi connectivity index (χ4n) is 2.90. The van der Waals surface area contributed by atoms with E-state index in [1.807, 2.05) is 32.0 Å². The number of carbonyl (C=O) groups is 1. The second kappa shape index (κ2) is 9.21. The van der Waals surface area contributed by atoms with Gasteiger partial charge in [0, 0.05) is 17.3 Å². The molecule has 0 aliphatic carbocycles. The number of carbonyl (C=O) groups excluding carboxylic acids is 1. The molecule has 0 bridgehead atoms. The van der Waals surface area contributed by atoms with Gasteiger partial charge in [0.05, 0.1) is 6.61 Å². The fraction of sp³-hybridized carbons (Fsp3) is 0.381. The number of sulfonamides is 1. The Morgan fingerprint density at radius 2 is 1.86 bits per heavy atom. The van der Waals surface area contributed by atoms with Crippen molar-refractivity contribution in [1.29, 1.82) is 0 Å². The van der Waals surface area contributed by atoms with Crippen LogP contribution in [-0.2, 0) is 16.4 Å². The number of aryl methyl sites for hydroxylation is 2. The second-order valence-corrected chi connectivity index (χ2v) is 8.47. The number of hydrogen-bond acceptors (Lipinski definition) is 4. The number of para-hydroxylation sites is 1. The summed E-state index contributed by atoms with van der Waals surface area (Å²) in [4.78, 5) is 12.8. The van der Waals surface area contributed by atoms with Gasteiger partial charge in [-0.2, -0.15) is 0 Å². The number of hydrogen-bond donors (Lipinski definition) is 2. The van der Waals surface area contributed by atoms with Gasteiger partial charge in [0.15, 0.2) is 0 Å². The molecular weight excluding hydrogens is 376 g/mol. The van der Waals surface area contributed by atoms with Crippen molar-refractivity contribution in [3.8, 4) is 5.75 Å². The van der Waals surface area contributed by atoms with E-state index in [4.69, 9.17) is 4.74 Å². The molecule has 0 aliphatic heterocycles. The van der Waals surface area contributed by atoms with E-state index in [0.29, 0.717) is 6.61 Å². The molecule has 0 heterocycles. The predicted octanol–water partition coefficient (Wildman–Crippen LogP) is 3.90. The largest absolute Gasteiger partial charge is 0.492 e. The quantitative estimate of drug-likeness (QED) is 0.699. The smallest absolute Gasteiger partial charge is 0.255 e. The van der Waals surface area contributed by atoms with Crippen LogP contribution in [0.4, 0.5) is 5.69 Å². The lowest BCUT2D eigenvalue weighted by molar-refractivity contribution is 0.102. The van der Waals surface area contributed by atoms with Crippen molar-refractivity contribution >= 4 is 21.6 Å². The Balaban J connectivity index is 2.44. The molecule has 0 aliphatic rings. The summed E-state index contributed by atoms with van der Waals surface area (Å²) < 4.78 is 33.4. The maximum atomic E-state index is 12.8. The van der Waals surface area contributed by atoms with Crippen LogP contribution in [-0.4, -0.2) is 27.0 Å². The summed E-state index contributed by atoms with van der Waals surface area (Å²) in [6.07, 6.45) is 0.776. The van der Waals surface area contributed by atoms with E-state index in [-0.39, 0.29) is 28.2 Å². The number of ether oxygens (including phenoxy) is 1. The first-order valence-corrected chi connectivity index (χ1v) is 10.9. The Hall–Kier alpha value is -2.38. The highest BCUT2D eigenvalue weighted by atomic mass is 32.2. The first-order valence-electron chi connectivity index (χ1n) is 9.38. The molecule has 1 amide bonds. The first kappa shape index (κ1) is 21.9. The second-order valence-electron chi connectivity index (χ2n) is 6.79. The van der Waals surface area contributed by atoms with Crippen molar-refractivity contribution in [2.75, 3.05) is 11.9 Å². The molecule has 2 rings (SSSR count). The molecule has 0 aromatic heterocycles. The van der Waals surface area contributed by atoms with E-state index in [1.165, 1.54) is 12.1 Å². The third-order valence-electron chi connectivity index (χ3n) is 4.16. The van der Waals surface area contributed by atoms with E-state index in [0.717, 1.165) is 23.2 Å². The Morgan fingerprint density at radius 1 is 1.14 bits per heavy atom. The van der Waals surface area contributed by atoms with E-state index in [1.54, 1.807) is 26.8 Å². The lowest BCUT2D eigenvalue weighted by Crippen LogP contribution is -2.30. The summed E-state index contributed by atoms with van der Waals surface area (Å²) in [7, 11) is -3.82. The van der Waals surface area contributed by atoms with E-state index >= 15 is 0 Å². The van der Waals surface area contributed by atoms with Gasteiger partial charge in [-0.1, -0.05) is 25.1 Å². The molecule has 0 unspecified atom stereocenters. The number of amides is 1. The minimum Gasteiger partial charge on any atom is -0.492 e. The number of nitrogens with one attached hydrogen (secondary N) is 2. The van der Waals surface area contributed by atoms with Gasteiger partial charge in [-0.15, -0.1) is 0 Å². The molecule has 2 aromatic rings. The molecule has 0 spiro atoms. The van der Waals surface area contributed by atoms with Crippen molar-refractivity contribution in [3.63, 3.8) is 0 Å². The van der Waals surface area contributed by atoms with Crippen LogP contribution in [0.1, 0.15) is 49.2 Å². The van der Waals surface area contributed by atoms with Gasteiger partial charge in [-0.05, 0) is 63.4 Å². The number of anilines is 1. The third-order valence-corrected chi connectivity index (χ3v) is 5.84.